The number of carbonyl (C=O) groups excluding carboxylic acids is 2. The Kier molecular flexibility index (Phi) is 7.15. The van der Waals surface area contributed by atoms with Crippen molar-refractivity contribution in [2.45, 2.75) is 39.8 Å². The Morgan fingerprint density at radius 2 is 1.80 bits per heavy atom. The second kappa shape index (κ2) is 9.80. The van der Waals surface area contributed by atoms with E-state index in [4.69, 9.17) is 9.47 Å². The van der Waals surface area contributed by atoms with Crippen molar-refractivity contribution in [3.05, 3.63) is 64.3 Å². The highest BCUT2D eigenvalue weighted by Crippen LogP contribution is 2.36. The standard InChI is InChI=1S/C23H24FNO4S/c1-4-15(3)25-22(26)21(30-23(25)27)13-17-8-11-19(20(12-17)28-5-2)29-14-16-6-9-18(24)10-7-16/h6-13,15H,4-5,14H2,1-3H3/b21-13+/t15-/m1/s1. The SMILES string of the molecule is CCOc1cc(/C=C2/SC(=O)N([C@H](C)CC)C2=O)ccc1OCc1ccc(F)cc1. The summed E-state index contributed by atoms with van der Waals surface area (Å²) in [4.78, 5) is 26.5. The van der Waals surface area contributed by atoms with Gasteiger partial charge in [0.15, 0.2) is 11.5 Å². The van der Waals surface area contributed by atoms with Gasteiger partial charge in [-0.15, -0.1) is 0 Å². The van der Waals surface area contributed by atoms with Gasteiger partial charge < -0.3 is 9.47 Å². The van der Waals surface area contributed by atoms with Gasteiger partial charge in [0.25, 0.3) is 11.1 Å². The Morgan fingerprint density at radius 3 is 2.47 bits per heavy atom. The monoisotopic (exact) mass is 429 g/mol. The summed E-state index contributed by atoms with van der Waals surface area (Å²) >= 11 is 0.948. The molecule has 0 spiro atoms. The Hall–Kier alpha value is -2.80. The summed E-state index contributed by atoms with van der Waals surface area (Å²) in [5.41, 5.74) is 1.57. The lowest BCUT2D eigenvalue weighted by Gasteiger charge is -2.19. The molecule has 0 N–H and O–H groups in total. The Balaban J connectivity index is 1.79. The number of imide groups is 1. The fourth-order valence-corrected chi connectivity index (χ4v) is 3.87. The lowest BCUT2D eigenvalue weighted by molar-refractivity contribution is -0.124. The zero-order valence-corrected chi connectivity index (χ0v) is 18.0. The molecular formula is C23H24FNO4S. The van der Waals surface area contributed by atoms with E-state index in [0.29, 0.717) is 29.4 Å². The molecule has 5 nitrogen and oxygen atoms in total. The number of hydrogen-bond acceptors (Lipinski definition) is 5. The van der Waals surface area contributed by atoms with Crippen molar-refractivity contribution < 1.29 is 23.5 Å². The van der Waals surface area contributed by atoms with Gasteiger partial charge in [-0.25, -0.2) is 4.39 Å². The Morgan fingerprint density at radius 1 is 1.07 bits per heavy atom. The molecule has 0 aliphatic carbocycles. The molecule has 2 aromatic rings. The minimum absolute atomic E-state index is 0.135. The second-order valence-corrected chi connectivity index (χ2v) is 7.86. The molecule has 1 fully saturated rings. The number of halogens is 1. The predicted molar refractivity (Wildman–Crippen MR) is 116 cm³/mol. The topological polar surface area (TPSA) is 55.8 Å². The number of hydrogen-bond donors (Lipinski definition) is 0. The van der Waals surface area contributed by atoms with E-state index in [2.05, 4.69) is 0 Å². The molecule has 3 rings (SSSR count). The summed E-state index contributed by atoms with van der Waals surface area (Å²) in [7, 11) is 0. The molecule has 30 heavy (non-hydrogen) atoms. The van der Waals surface area contributed by atoms with E-state index >= 15 is 0 Å². The van der Waals surface area contributed by atoms with Gasteiger partial charge in [-0.05, 0) is 73.5 Å². The third kappa shape index (κ3) is 5.02. The minimum atomic E-state index is -0.296. The molecule has 0 saturated carbocycles. The molecule has 1 aliphatic heterocycles. The molecule has 7 heteroatoms. The highest BCUT2D eigenvalue weighted by atomic mass is 32.2. The van der Waals surface area contributed by atoms with Crippen LogP contribution in [0, 0.1) is 5.82 Å². The average molecular weight is 430 g/mol. The fourth-order valence-electron chi connectivity index (χ4n) is 2.94. The zero-order chi connectivity index (χ0) is 21.7. The molecule has 0 radical (unpaired) electrons. The van der Waals surface area contributed by atoms with Crippen molar-refractivity contribution in [1.82, 2.24) is 4.90 Å². The third-order valence-corrected chi connectivity index (χ3v) is 5.61. The largest absolute Gasteiger partial charge is 0.490 e. The molecule has 1 atom stereocenters. The molecule has 158 valence electrons. The van der Waals surface area contributed by atoms with E-state index in [-0.39, 0.29) is 29.6 Å². The number of amides is 2. The van der Waals surface area contributed by atoms with Gasteiger partial charge in [-0.2, -0.15) is 0 Å². The van der Waals surface area contributed by atoms with Crippen molar-refractivity contribution >= 4 is 29.0 Å². The highest BCUT2D eigenvalue weighted by molar-refractivity contribution is 8.18. The molecule has 1 aliphatic rings. The van der Waals surface area contributed by atoms with Crippen molar-refractivity contribution in [3.8, 4) is 11.5 Å². The van der Waals surface area contributed by atoms with Gasteiger partial charge in [0.1, 0.15) is 12.4 Å². The summed E-state index contributed by atoms with van der Waals surface area (Å²) in [6.07, 6.45) is 2.40. The van der Waals surface area contributed by atoms with Crippen molar-refractivity contribution in [2.75, 3.05) is 6.61 Å². The van der Waals surface area contributed by atoms with E-state index in [0.717, 1.165) is 22.9 Å². The van der Waals surface area contributed by atoms with Crippen LogP contribution in [0.2, 0.25) is 0 Å². The van der Waals surface area contributed by atoms with E-state index in [1.807, 2.05) is 20.8 Å². The number of carbonyl (C=O) groups is 2. The van der Waals surface area contributed by atoms with Crippen LogP contribution in [0.5, 0.6) is 11.5 Å². The summed E-state index contributed by atoms with van der Waals surface area (Å²) in [5, 5.41) is -0.245. The second-order valence-electron chi connectivity index (χ2n) is 6.86. The summed E-state index contributed by atoms with van der Waals surface area (Å²) in [6.45, 7) is 6.39. The van der Waals surface area contributed by atoms with Crippen LogP contribution in [0.1, 0.15) is 38.3 Å². The maximum atomic E-state index is 13.1. The smallest absolute Gasteiger partial charge is 0.293 e. The normalized spacial score (nSPS) is 16.3. The molecular weight excluding hydrogens is 405 g/mol. The number of ether oxygens (including phenoxy) is 2. The molecule has 1 heterocycles. The van der Waals surface area contributed by atoms with Gasteiger partial charge >= 0.3 is 0 Å². The van der Waals surface area contributed by atoms with Crippen LogP contribution in [-0.4, -0.2) is 28.7 Å². The van der Waals surface area contributed by atoms with Crippen LogP contribution in [0.25, 0.3) is 6.08 Å². The first kappa shape index (κ1) is 21.9. The predicted octanol–water partition coefficient (Wildman–Crippen LogP) is 5.64. The lowest BCUT2D eigenvalue weighted by Crippen LogP contribution is -2.36. The van der Waals surface area contributed by atoms with E-state index < -0.39 is 0 Å². The number of nitrogens with zero attached hydrogens (tertiary/aromatic N) is 1. The van der Waals surface area contributed by atoms with Gasteiger partial charge in [0.05, 0.1) is 11.5 Å². The van der Waals surface area contributed by atoms with Crippen LogP contribution in [0.3, 0.4) is 0 Å². The first-order valence-corrected chi connectivity index (χ1v) is 10.7. The molecule has 2 amide bonds. The van der Waals surface area contributed by atoms with Gasteiger partial charge in [-0.3, -0.25) is 14.5 Å². The van der Waals surface area contributed by atoms with Crippen LogP contribution in [0.4, 0.5) is 9.18 Å². The average Bonchev–Trinajstić information content (AvgIpc) is 3.01. The van der Waals surface area contributed by atoms with Crippen LogP contribution in [0.15, 0.2) is 47.4 Å². The molecule has 0 unspecified atom stereocenters. The van der Waals surface area contributed by atoms with E-state index in [1.165, 1.54) is 17.0 Å². The van der Waals surface area contributed by atoms with E-state index in [1.54, 1.807) is 36.4 Å². The number of rotatable bonds is 8. The van der Waals surface area contributed by atoms with Crippen molar-refractivity contribution in [3.63, 3.8) is 0 Å². The zero-order valence-electron chi connectivity index (χ0n) is 17.2. The first-order valence-electron chi connectivity index (χ1n) is 9.84. The number of benzene rings is 2. The summed E-state index contributed by atoms with van der Waals surface area (Å²) in [6, 6.07) is 11.3. The van der Waals surface area contributed by atoms with Gasteiger partial charge in [0, 0.05) is 6.04 Å². The van der Waals surface area contributed by atoms with Gasteiger partial charge in [-0.1, -0.05) is 25.1 Å². The quantitative estimate of drug-likeness (QED) is 0.509. The minimum Gasteiger partial charge on any atom is -0.490 e. The third-order valence-electron chi connectivity index (χ3n) is 4.73. The number of thioether (sulfide) groups is 1. The van der Waals surface area contributed by atoms with Gasteiger partial charge in [0.2, 0.25) is 0 Å². The van der Waals surface area contributed by atoms with Crippen molar-refractivity contribution in [1.29, 1.82) is 0 Å². The lowest BCUT2D eigenvalue weighted by atomic mass is 10.1. The van der Waals surface area contributed by atoms with Crippen molar-refractivity contribution in [2.24, 2.45) is 0 Å². The maximum absolute atomic E-state index is 13.1. The van der Waals surface area contributed by atoms with Crippen LogP contribution < -0.4 is 9.47 Å². The van der Waals surface area contributed by atoms with Crippen LogP contribution >= 0.6 is 11.8 Å². The van der Waals surface area contributed by atoms with E-state index in [9.17, 15) is 14.0 Å². The summed E-state index contributed by atoms with van der Waals surface area (Å²) < 4.78 is 24.6. The Labute approximate surface area is 179 Å². The molecule has 0 bridgehead atoms. The molecule has 1 saturated heterocycles. The maximum Gasteiger partial charge on any atom is 0.293 e. The van der Waals surface area contributed by atoms with Crippen LogP contribution in [-0.2, 0) is 11.4 Å². The highest BCUT2D eigenvalue weighted by Gasteiger charge is 2.37. The first-order chi connectivity index (χ1) is 14.4. The molecule has 2 aromatic carbocycles. The molecule has 0 aromatic heterocycles. The fraction of sp³-hybridized carbons (Fsp3) is 0.304. The summed E-state index contributed by atoms with van der Waals surface area (Å²) in [5.74, 6) is 0.519. The Bertz CT molecular complexity index is 958.